The summed E-state index contributed by atoms with van der Waals surface area (Å²) in [7, 11) is 0. The van der Waals surface area contributed by atoms with E-state index in [-0.39, 0.29) is 5.56 Å². The molecule has 0 aromatic heterocycles. The first-order valence-corrected chi connectivity index (χ1v) is 6.50. The standard InChI is InChI=1S/C17H13F3O2/c1-2-13(11-5-8-14(19)15(20)9-11)16(17(21)22)10-3-6-12(18)7-4-10/h2-9,13,16H,1H2,(H,21,22)/t13-,16+/m0/s1. The third-order valence-electron chi connectivity index (χ3n) is 3.44. The summed E-state index contributed by atoms with van der Waals surface area (Å²) in [6.07, 6.45) is 1.36. The number of benzene rings is 2. The first-order chi connectivity index (χ1) is 10.4. The summed E-state index contributed by atoms with van der Waals surface area (Å²) < 4.78 is 39.4. The van der Waals surface area contributed by atoms with Gasteiger partial charge >= 0.3 is 5.97 Å². The zero-order valence-electron chi connectivity index (χ0n) is 11.5. The fraction of sp³-hybridized carbons (Fsp3) is 0.118. The number of aliphatic carboxylic acids is 1. The SMILES string of the molecule is C=C[C@@H](c1ccc(F)c(F)c1)[C@H](C(=O)O)c1ccc(F)cc1. The number of carbonyl (C=O) groups is 1. The first kappa shape index (κ1) is 15.8. The van der Waals surface area contributed by atoms with Gasteiger partial charge in [0.2, 0.25) is 0 Å². The van der Waals surface area contributed by atoms with Gasteiger partial charge in [-0.25, -0.2) is 13.2 Å². The number of hydrogen-bond acceptors (Lipinski definition) is 1. The van der Waals surface area contributed by atoms with Gasteiger partial charge < -0.3 is 5.11 Å². The summed E-state index contributed by atoms with van der Waals surface area (Å²) in [5, 5.41) is 9.47. The molecule has 0 saturated carbocycles. The second kappa shape index (κ2) is 6.47. The Balaban J connectivity index is 2.48. The molecule has 2 aromatic carbocycles. The summed E-state index contributed by atoms with van der Waals surface area (Å²) in [6, 6.07) is 8.19. The van der Waals surface area contributed by atoms with Crippen molar-refractivity contribution in [1.29, 1.82) is 0 Å². The molecule has 0 bridgehead atoms. The minimum absolute atomic E-state index is 0.283. The van der Waals surface area contributed by atoms with E-state index < -0.39 is 35.3 Å². The largest absolute Gasteiger partial charge is 0.481 e. The van der Waals surface area contributed by atoms with Crippen molar-refractivity contribution in [3.8, 4) is 0 Å². The van der Waals surface area contributed by atoms with Crippen LogP contribution in [-0.2, 0) is 4.79 Å². The topological polar surface area (TPSA) is 37.3 Å². The van der Waals surface area contributed by atoms with E-state index in [1.807, 2.05) is 0 Å². The van der Waals surface area contributed by atoms with Crippen molar-refractivity contribution in [2.75, 3.05) is 0 Å². The second-order valence-corrected chi connectivity index (χ2v) is 4.80. The summed E-state index contributed by atoms with van der Waals surface area (Å²) in [5.41, 5.74) is 0.633. The Morgan fingerprint density at radius 3 is 2.09 bits per heavy atom. The minimum atomic E-state index is -1.17. The molecule has 0 aliphatic carbocycles. The van der Waals surface area contributed by atoms with Crippen molar-refractivity contribution >= 4 is 5.97 Å². The molecule has 0 radical (unpaired) electrons. The van der Waals surface area contributed by atoms with Crippen LogP contribution in [0, 0.1) is 17.5 Å². The Labute approximate surface area is 125 Å². The molecule has 0 spiro atoms. The molecule has 0 amide bonds. The summed E-state index contributed by atoms with van der Waals surface area (Å²) in [4.78, 5) is 11.6. The Hall–Kier alpha value is -2.56. The van der Waals surface area contributed by atoms with Crippen molar-refractivity contribution in [3.63, 3.8) is 0 Å². The van der Waals surface area contributed by atoms with Crippen LogP contribution in [-0.4, -0.2) is 11.1 Å². The second-order valence-electron chi connectivity index (χ2n) is 4.80. The average Bonchev–Trinajstić information content (AvgIpc) is 2.48. The quantitative estimate of drug-likeness (QED) is 0.839. The molecular formula is C17H13F3O2. The Morgan fingerprint density at radius 1 is 1.00 bits per heavy atom. The first-order valence-electron chi connectivity index (χ1n) is 6.50. The molecular weight excluding hydrogens is 293 g/mol. The normalized spacial score (nSPS) is 13.4. The predicted octanol–water partition coefficient (Wildman–Crippen LogP) is 4.24. The maximum absolute atomic E-state index is 13.4. The van der Waals surface area contributed by atoms with Gasteiger partial charge in [0.1, 0.15) is 5.82 Å². The monoisotopic (exact) mass is 306 g/mol. The molecule has 2 nitrogen and oxygen atoms in total. The summed E-state index contributed by atoms with van der Waals surface area (Å²) >= 11 is 0. The minimum Gasteiger partial charge on any atom is -0.481 e. The lowest BCUT2D eigenvalue weighted by Gasteiger charge is -2.22. The van der Waals surface area contributed by atoms with Gasteiger partial charge in [-0.2, -0.15) is 0 Å². The van der Waals surface area contributed by atoms with Gasteiger partial charge in [0.25, 0.3) is 0 Å². The highest BCUT2D eigenvalue weighted by Gasteiger charge is 2.29. The van der Waals surface area contributed by atoms with E-state index in [1.54, 1.807) is 0 Å². The molecule has 0 unspecified atom stereocenters. The zero-order valence-corrected chi connectivity index (χ0v) is 11.5. The fourth-order valence-corrected chi connectivity index (χ4v) is 2.36. The Morgan fingerprint density at radius 2 is 1.59 bits per heavy atom. The lowest BCUT2D eigenvalue weighted by molar-refractivity contribution is -0.139. The molecule has 0 aliphatic heterocycles. The number of halogens is 3. The van der Waals surface area contributed by atoms with Crippen LogP contribution in [0.4, 0.5) is 13.2 Å². The third-order valence-corrected chi connectivity index (χ3v) is 3.44. The van der Waals surface area contributed by atoms with E-state index in [2.05, 4.69) is 6.58 Å². The van der Waals surface area contributed by atoms with Gasteiger partial charge in [0, 0.05) is 5.92 Å². The Kier molecular flexibility index (Phi) is 4.65. The summed E-state index contributed by atoms with van der Waals surface area (Å²) in [5.74, 6) is -5.59. The number of rotatable bonds is 5. The van der Waals surface area contributed by atoms with Gasteiger partial charge in [-0.05, 0) is 35.4 Å². The van der Waals surface area contributed by atoms with Crippen molar-refractivity contribution < 1.29 is 23.1 Å². The van der Waals surface area contributed by atoms with Crippen LogP contribution in [0.15, 0.2) is 55.1 Å². The van der Waals surface area contributed by atoms with E-state index in [0.29, 0.717) is 5.56 Å². The molecule has 0 fully saturated rings. The molecule has 0 aliphatic rings. The zero-order chi connectivity index (χ0) is 16.3. The molecule has 114 valence electrons. The number of carboxylic acids is 1. The van der Waals surface area contributed by atoms with Crippen LogP contribution in [0.3, 0.4) is 0 Å². The molecule has 2 atom stereocenters. The van der Waals surface area contributed by atoms with Crippen LogP contribution < -0.4 is 0 Å². The van der Waals surface area contributed by atoms with E-state index >= 15 is 0 Å². The predicted molar refractivity (Wildman–Crippen MR) is 76.1 cm³/mol. The molecule has 0 heterocycles. The van der Waals surface area contributed by atoms with Crippen molar-refractivity contribution in [1.82, 2.24) is 0 Å². The van der Waals surface area contributed by atoms with E-state index in [1.165, 1.54) is 24.3 Å². The maximum atomic E-state index is 13.4. The van der Waals surface area contributed by atoms with Crippen LogP contribution in [0.1, 0.15) is 23.0 Å². The Bertz CT molecular complexity index is 696. The van der Waals surface area contributed by atoms with Gasteiger partial charge in [-0.3, -0.25) is 4.79 Å². The van der Waals surface area contributed by atoms with Crippen LogP contribution in [0.25, 0.3) is 0 Å². The maximum Gasteiger partial charge on any atom is 0.311 e. The molecule has 22 heavy (non-hydrogen) atoms. The molecule has 2 rings (SSSR count). The van der Waals surface area contributed by atoms with Crippen molar-refractivity contribution in [2.45, 2.75) is 11.8 Å². The van der Waals surface area contributed by atoms with Crippen LogP contribution >= 0.6 is 0 Å². The lowest BCUT2D eigenvalue weighted by atomic mass is 9.81. The van der Waals surface area contributed by atoms with Gasteiger partial charge in [0.05, 0.1) is 5.92 Å². The molecule has 0 saturated heterocycles. The van der Waals surface area contributed by atoms with Gasteiger partial charge in [-0.15, -0.1) is 6.58 Å². The average molecular weight is 306 g/mol. The van der Waals surface area contributed by atoms with Crippen molar-refractivity contribution in [3.05, 3.63) is 83.7 Å². The molecule has 1 N–H and O–H groups in total. The highest BCUT2D eigenvalue weighted by molar-refractivity contribution is 5.78. The van der Waals surface area contributed by atoms with E-state index in [0.717, 1.165) is 24.3 Å². The van der Waals surface area contributed by atoms with Crippen molar-refractivity contribution in [2.24, 2.45) is 0 Å². The lowest BCUT2D eigenvalue weighted by Crippen LogP contribution is -2.19. The highest BCUT2D eigenvalue weighted by atomic mass is 19.2. The number of hydrogen-bond donors (Lipinski definition) is 1. The smallest absolute Gasteiger partial charge is 0.311 e. The number of allylic oxidation sites excluding steroid dienone is 1. The van der Waals surface area contributed by atoms with E-state index in [4.69, 9.17) is 0 Å². The van der Waals surface area contributed by atoms with E-state index in [9.17, 15) is 23.1 Å². The fourth-order valence-electron chi connectivity index (χ4n) is 2.36. The molecule has 5 heteroatoms. The third kappa shape index (κ3) is 3.19. The molecule has 2 aromatic rings. The van der Waals surface area contributed by atoms with Gasteiger partial charge in [0.15, 0.2) is 11.6 Å². The van der Waals surface area contributed by atoms with Crippen LogP contribution in [0.5, 0.6) is 0 Å². The summed E-state index contributed by atoms with van der Waals surface area (Å²) in [6.45, 7) is 3.58. The van der Waals surface area contributed by atoms with Crippen LogP contribution in [0.2, 0.25) is 0 Å². The van der Waals surface area contributed by atoms with Gasteiger partial charge in [-0.1, -0.05) is 24.3 Å². The highest BCUT2D eigenvalue weighted by Crippen LogP contribution is 2.35. The number of carboxylic acid groups (broad SMARTS) is 1.